The highest BCUT2D eigenvalue weighted by Gasteiger charge is 2.25. The first-order valence-corrected chi connectivity index (χ1v) is 6.81. The lowest BCUT2D eigenvalue weighted by Gasteiger charge is -2.08. The molecule has 102 valence electrons. The normalized spacial score (nSPS) is 18.9. The molecule has 0 saturated carbocycles. The van der Waals surface area contributed by atoms with E-state index in [9.17, 15) is 0 Å². The molecule has 0 radical (unpaired) electrons. The molecule has 1 unspecified atom stereocenters. The van der Waals surface area contributed by atoms with Crippen molar-refractivity contribution >= 4 is 11.0 Å². The van der Waals surface area contributed by atoms with Crippen LogP contribution in [-0.2, 0) is 4.74 Å². The molecule has 3 heterocycles. The van der Waals surface area contributed by atoms with E-state index >= 15 is 0 Å². The van der Waals surface area contributed by atoms with Crippen molar-refractivity contribution in [2.75, 3.05) is 6.61 Å². The Morgan fingerprint density at radius 2 is 2.20 bits per heavy atom. The molecule has 3 aromatic rings. The molecule has 1 atom stereocenters. The van der Waals surface area contributed by atoms with Gasteiger partial charge in [0.2, 0.25) is 5.95 Å². The van der Waals surface area contributed by atoms with Crippen LogP contribution in [0.5, 0.6) is 0 Å². The van der Waals surface area contributed by atoms with E-state index in [2.05, 4.69) is 20.1 Å². The maximum Gasteiger partial charge on any atom is 0.230 e. The monoisotopic (exact) mass is 269 g/mol. The Kier molecular flexibility index (Phi) is 2.56. The van der Waals surface area contributed by atoms with Crippen molar-refractivity contribution in [1.82, 2.24) is 24.7 Å². The molecule has 6 heteroatoms. The third kappa shape index (κ3) is 1.80. The van der Waals surface area contributed by atoms with Gasteiger partial charge in [-0.25, -0.2) is 9.97 Å². The Morgan fingerprint density at radius 3 is 3.00 bits per heavy atom. The first-order chi connectivity index (χ1) is 9.81. The molecule has 6 nitrogen and oxygen atoms in total. The van der Waals surface area contributed by atoms with Crippen molar-refractivity contribution in [2.45, 2.75) is 25.9 Å². The number of H-pyrrole nitrogens is 1. The SMILES string of the molecule is Cc1nc(C2CCCO2)n(-c2nc3ccccc3[nH]2)n1. The van der Waals surface area contributed by atoms with Crippen molar-refractivity contribution in [3.05, 3.63) is 35.9 Å². The van der Waals surface area contributed by atoms with Gasteiger partial charge in [-0.1, -0.05) is 12.1 Å². The average molecular weight is 269 g/mol. The van der Waals surface area contributed by atoms with Crippen molar-refractivity contribution in [2.24, 2.45) is 0 Å². The van der Waals surface area contributed by atoms with Crippen molar-refractivity contribution in [1.29, 1.82) is 0 Å². The maximum absolute atomic E-state index is 5.72. The van der Waals surface area contributed by atoms with Crippen LogP contribution in [0, 0.1) is 6.92 Å². The van der Waals surface area contributed by atoms with E-state index in [1.165, 1.54) is 0 Å². The minimum Gasteiger partial charge on any atom is -0.370 e. The second-order valence-electron chi connectivity index (χ2n) is 5.01. The molecule has 0 aliphatic carbocycles. The van der Waals surface area contributed by atoms with E-state index in [1.54, 1.807) is 4.68 Å². The molecule has 20 heavy (non-hydrogen) atoms. The summed E-state index contributed by atoms with van der Waals surface area (Å²) in [6.07, 6.45) is 2.07. The van der Waals surface area contributed by atoms with Gasteiger partial charge in [-0.05, 0) is 31.9 Å². The van der Waals surface area contributed by atoms with E-state index < -0.39 is 0 Å². The summed E-state index contributed by atoms with van der Waals surface area (Å²) in [7, 11) is 0. The van der Waals surface area contributed by atoms with Crippen LogP contribution >= 0.6 is 0 Å². The molecule has 2 aromatic heterocycles. The number of aromatic amines is 1. The summed E-state index contributed by atoms with van der Waals surface area (Å²) >= 11 is 0. The van der Waals surface area contributed by atoms with E-state index in [1.807, 2.05) is 31.2 Å². The molecule has 1 saturated heterocycles. The number of imidazole rings is 1. The third-order valence-electron chi connectivity index (χ3n) is 3.53. The Hall–Kier alpha value is -2.21. The fourth-order valence-corrected chi connectivity index (χ4v) is 2.62. The Morgan fingerprint density at radius 1 is 1.30 bits per heavy atom. The summed E-state index contributed by atoms with van der Waals surface area (Å²) < 4.78 is 7.49. The summed E-state index contributed by atoms with van der Waals surface area (Å²) in [6.45, 7) is 2.67. The highest BCUT2D eigenvalue weighted by molar-refractivity contribution is 5.75. The maximum atomic E-state index is 5.72. The van der Waals surface area contributed by atoms with Crippen molar-refractivity contribution < 1.29 is 4.74 Å². The minimum absolute atomic E-state index is 0.0180. The van der Waals surface area contributed by atoms with Crippen LogP contribution in [0.4, 0.5) is 0 Å². The Labute approximate surface area is 115 Å². The second-order valence-corrected chi connectivity index (χ2v) is 5.01. The van der Waals surface area contributed by atoms with Gasteiger partial charge in [0.05, 0.1) is 11.0 Å². The number of aromatic nitrogens is 5. The number of hydrogen-bond donors (Lipinski definition) is 1. The number of rotatable bonds is 2. The van der Waals surface area contributed by atoms with E-state index in [0.29, 0.717) is 5.95 Å². The predicted molar refractivity (Wildman–Crippen MR) is 73.7 cm³/mol. The highest BCUT2D eigenvalue weighted by Crippen LogP contribution is 2.28. The largest absolute Gasteiger partial charge is 0.370 e. The smallest absolute Gasteiger partial charge is 0.230 e. The van der Waals surface area contributed by atoms with Gasteiger partial charge >= 0.3 is 0 Å². The minimum atomic E-state index is 0.0180. The molecule has 1 aliphatic heterocycles. The average Bonchev–Trinajstić information content (AvgIpc) is 3.16. The highest BCUT2D eigenvalue weighted by atomic mass is 16.5. The van der Waals surface area contributed by atoms with Gasteiger partial charge in [-0.3, -0.25) is 0 Å². The summed E-state index contributed by atoms with van der Waals surface area (Å²) in [5, 5.41) is 4.45. The molecule has 0 bridgehead atoms. The topological polar surface area (TPSA) is 68.6 Å². The molecule has 4 rings (SSSR count). The van der Waals surface area contributed by atoms with Gasteiger partial charge in [0.1, 0.15) is 11.9 Å². The lowest BCUT2D eigenvalue weighted by Crippen LogP contribution is -2.09. The van der Waals surface area contributed by atoms with Crippen LogP contribution in [0.1, 0.15) is 30.6 Å². The summed E-state index contributed by atoms with van der Waals surface area (Å²) in [4.78, 5) is 12.4. The fourth-order valence-electron chi connectivity index (χ4n) is 2.62. The first-order valence-electron chi connectivity index (χ1n) is 6.81. The zero-order valence-corrected chi connectivity index (χ0v) is 11.2. The predicted octanol–water partition coefficient (Wildman–Crippen LogP) is 2.30. The number of aryl methyl sites for hydroxylation is 1. The molecule has 0 amide bonds. The lowest BCUT2D eigenvalue weighted by atomic mass is 10.2. The van der Waals surface area contributed by atoms with Crippen LogP contribution in [-0.4, -0.2) is 31.3 Å². The standard InChI is InChI=1S/C14H15N5O/c1-9-15-13(12-7-4-8-20-12)19(18-9)14-16-10-5-2-3-6-11(10)17-14/h2-3,5-6,12H,4,7-8H2,1H3,(H,16,17). The summed E-state index contributed by atoms with van der Waals surface area (Å²) in [5.41, 5.74) is 1.92. The number of para-hydroxylation sites is 2. The second kappa shape index (κ2) is 4.42. The van der Waals surface area contributed by atoms with Gasteiger partial charge in [0.15, 0.2) is 5.82 Å². The zero-order valence-electron chi connectivity index (χ0n) is 11.2. The molecule has 0 spiro atoms. The Bertz CT molecular complexity index is 721. The third-order valence-corrected chi connectivity index (χ3v) is 3.53. The zero-order chi connectivity index (χ0) is 13.5. The van der Waals surface area contributed by atoms with Gasteiger partial charge in [0, 0.05) is 6.61 Å². The molecule has 1 aromatic carbocycles. The number of ether oxygens (including phenoxy) is 1. The lowest BCUT2D eigenvalue weighted by molar-refractivity contribution is 0.103. The Balaban J connectivity index is 1.84. The molecule has 1 aliphatic rings. The summed E-state index contributed by atoms with van der Waals surface area (Å²) in [5.74, 6) is 2.26. The van der Waals surface area contributed by atoms with Crippen LogP contribution in [0.3, 0.4) is 0 Å². The van der Waals surface area contributed by atoms with Crippen molar-refractivity contribution in [3.63, 3.8) is 0 Å². The quantitative estimate of drug-likeness (QED) is 0.775. The van der Waals surface area contributed by atoms with Gasteiger partial charge in [-0.2, -0.15) is 4.68 Å². The number of hydrogen-bond acceptors (Lipinski definition) is 4. The molecular formula is C14H15N5O. The van der Waals surface area contributed by atoms with Crippen LogP contribution in [0.25, 0.3) is 17.0 Å². The van der Waals surface area contributed by atoms with Crippen LogP contribution < -0.4 is 0 Å². The van der Waals surface area contributed by atoms with E-state index in [0.717, 1.165) is 42.1 Å². The van der Waals surface area contributed by atoms with Gasteiger partial charge in [-0.15, -0.1) is 5.10 Å². The molecular weight excluding hydrogens is 254 g/mol. The van der Waals surface area contributed by atoms with Gasteiger partial charge < -0.3 is 9.72 Å². The van der Waals surface area contributed by atoms with Crippen LogP contribution in [0.2, 0.25) is 0 Å². The van der Waals surface area contributed by atoms with E-state index in [4.69, 9.17) is 4.74 Å². The van der Waals surface area contributed by atoms with E-state index in [-0.39, 0.29) is 6.10 Å². The first kappa shape index (κ1) is 11.6. The number of fused-ring (bicyclic) bond motifs is 1. The van der Waals surface area contributed by atoms with Crippen LogP contribution in [0.15, 0.2) is 24.3 Å². The summed E-state index contributed by atoms with van der Waals surface area (Å²) in [6, 6.07) is 7.94. The van der Waals surface area contributed by atoms with Crippen molar-refractivity contribution in [3.8, 4) is 5.95 Å². The fraction of sp³-hybridized carbons (Fsp3) is 0.357. The molecule has 1 fully saturated rings. The number of nitrogens with zero attached hydrogens (tertiary/aromatic N) is 4. The number of benzene rings is 1. The molecule has 1 N–H and O–H groups in total. The number of nitrogens with one attached hydrogen (secondary N) is 1. The van der Waals surface area contributed by atoms with Gasteiger partial charge in [0.25, 0.3) is 0 Å².